The normalized spacial score (nSPS) is 10.3. The maximum absolute atomic E-state index is 8.65. The zero-order valence-electron chi connectivity index (χ0n) is 10.1. The Bertz CT molecular complexity index is 328. The van der Waals surface area contributed by atoms with E-state index >= 15 is 0 Å². The highest BCUT2D eigenvalue weighted by molar-refractivity contribution is 9.10. The Morgan fingerprint density at radius 3 is 2.65 bits per heavy atom. The summed E-state index contributed by atoms with van der Waals surface area (Å²) >= 11 is 3.44. The number of methoxy groups -OCH3 is 1. The summed E-state index contributed by atoms with van der Waals surface area (Å²) in [6.45, 7) is 0.948. The van der Waals surface area contributed by atoms with Crippen LogP contribution in [0.15, 0.2) is 22.7 Å². The van der Waals surface area contributed by atoms with Gasteiger partial charge in [0.25, 0.3) is 0 Å². The maximum Gasteiger partial charge on any atom is 0.175 e. The Kier molecular flexibility index (Phi) is 7.05. The van der Waals surface area contributed by atoms with E-state index < -0.39 is 0 Å². The fraction of sp³-hybridized carbons (Fsp3) is 0.538. The molecule has 0 spiro atoms. The lowest BCUT2D eigenvalue weighted by molar-refractivity contribution is 0.267. The van der Waals surface area contributed by atoms with Crippen LogP contribution in [-0.2, 0) is 0 Å². The number of hydrogen-bond donors (Lipinski definition) is 1. The molecule has 0 amide bonds. The van der Waals surface area contributed by atoms with E-state index in [1.54, 1.807) is 7.11 Å². The highest BCUT2D eigenvalue weighted by Crippen LogP contribution is 2.34. The van der Waals surface area contributed by atoms with E-state index in [9.17, 15) is 0 Å². The van der Waals surface area contributed by atoms with Crippen molar-refractivity contribution in [3.05, 3.63) is 22.7 Å². The van der Waals surface area contributed by atoms with Gasteiger partial charge in [0.05, 0.1) is 18.2 Å². The zero-order valence-corrected chi connectivity index (χ0v) is 11.7. The van der Waals surface area contributed by atoms with Gasteiger partial charge in [-0.15, -0.1) is 0 Å². The highest BCUT2D eigenvalue weighted by Gasteiger charge is 2.07. The van der Waals surface area contributed by atoms with E-state index in [0.717, 1.165) is 41.7 Å². The van der Waals surface area contributed by atoms with Crippen LogP contribution in [0.25, 0.3) is 0 Å². The van der Waals surface area contributed by atoms with Crippen molar-refractivity contribution in [2.45, 2.75) is 25.7 Å². The second-order valence-corrected chi connectivity index (χ2v) is 4.61. The van der Waals surface area contributed by atoms with Crippen LogP contribution < -0.4 is 9.47 Å². The first-order valence-corrected chi connectivity index (χ1v) is 6.65. The molecule has 3 nitrogen and oxygen atoms in total. The molecule has 0 aliphatic rings. The number of para-hydroxylation sites is 1. The van der Waals surface area contributed by atoms with Gasteiger partial charge < -0.3 is 14.6 Å². The standard InChI is InChI=1S/C13H19BrO3/c1-16-12-8-6-7-11(14)13(12)17-10-5-3-2-4-9-15/h6-8,15H,2-5,9-10H2,1H3. The third-order valence-corrected chi connectivity index (χ3v) is 3.07. The predicted octanol–water partition coefficient (Wildman–Crippen LogP) is 3.39. The highest BCUT2D eigenvalue weighted by atomic mass is 79.9. The average molecular weight is 303 g/mol. The Morgan fingerprint density at radius 2 is 1.94 bits per heavy atom. The van der Waals surface area contributed by atoms with Crippen molar-refractivity contribution in [3.8, 4) is 11.5 Å². The molecule has 0 aromatic heterocycles. The van der Waals surface area contributed by atoms with Crippen LogP contribution in [-0.4, -0.2) is 25.4 Å². The summed E-state index contributed by atoms with van der Waals surface area (Å²) in [5.74, 6) is 1.51. The molecule has 1 N–H and O–H groups in total. The maximum atomic E-state index is 8.65. The molecular formula is C13H19BrO3. The van der Waals surface area contributed by atoms with Gasteiger partial charge >= 0.3 is 0 Å². The minimum Gasteiger partial charge on any atom is -0.493 e. The molecule has 17 heavy (non-hydrogen) atoms. The Balaban J connectivity index is 2.35. The molecule has 1 aromatic carbocycles. The first kappa shape index (κ1) is 14.3. The summed E-state index contributed by atoms with van der Waals surface area (Å²) in [6, 6.07) is 5.73. The molecule has 0 aliphatic carbocycles. The number of aliphatic hydroxyl groups is 1. The Morgan fingerprint density at radius 1 is 1.18 bits per heavy atom. The smallest absolute Gasteiger partial charge is 0.175 e. The molecule has 0 saturated heterocycles. The summed E-state index contributed by atoms with van der Waals surface area (Å²) in [5, 5.41) is 8.65. The number of hydrogen-bond acceptors (Lipinski definition) is 3. The topological polar surface area (TPSA) is 38.7 Å². The van der Waals surface area contributed by atoms with Crippen LogP contribution in [0.2, 0.25) is 0 Å². The van der Waals surface area contributed by atoms with Crippen LogP contribution >= 0.6 is 15.9 Å². The van der Waals surface area contributed by atoms with Crippen molar-refractivity contribution in [2.24, 2.45) is 0 Å². The number of rotatable bonds is 8. The molecule has 0 aliphatic heterocycles. The third kappa shape index (κ3) is 4.96. The number of ether oxygens (including phenoxy) is 2. The number of benzene rings is 1. The molecule has 0 atom stereocenters. The fourth-order valence-electron chi connectivity index (χ4n) is 1.53. The minimum atomic E-state index is 0.277. The summed E-state index contributed by atoms with van der Waals surface area (Å²) in [5.41, 5.74) is 0. The van der Waals surface area contributed by atoms with E-state index in [1.807, 2.05) is 18.2 Å². The lowest BCUT2D eigenvalue weighted by Gasteiger charge is -2.12. The van der Waals surface area contributed by atoms with E-state index in [-0.39, 0.29) is 6.61 Å². The first-order valence-electron chi connectivity index (χ1n) is 5.85. The molecule has 0 saturated carbocycles. The van der Waals surface area contributed by atoms with Crippen LogP contribution in [0.3, 0.4) is 0 Å². The van der Waals surface area contributed by atoms with E-state index in [2.05, 4.69) is 15.9 Å². The second kappa shape index (κ2) is 8.37. The fourth-order valence-corrected chi connectivity index (χ4v) is 1.99. The third-order valence-electron chi connectivity index (χ3n) is 2.45. The predicted molar refractivity (Wildman–Crippen MR) is 71.7 cm³/mol. The molecule has 0 bridgehead atoms. The minimum absolute atomic E-state index is 0.277. The van der Waals surface area contributed by atoms with Crippen LogP contribution in [0.5, 0.6) is 11.5 Å². The molecule has 0 fully saturated rings. The molecule has 1 rings (SSSR count). The monoisotopic (exact) mass is 302 g/mol. The van der Waals surface area contributed by atoms with Gasteiger partial charge in [0.1, 0.15) is 0 Å². The molecule has 0 heterocycles. The van der Waals surface area contributed by atoms with Gasteiger partial charge in [-0.3, -0.25) is 0 Å². The van der Waals surface area contributed by atoms with Crippen molar-refractivity contribution in [1.82, 2.24) is 0 Å². The molecule has 0 radical (unpaired) electrons. The van der Waals surface area contributed by atoms with E-state index in [1.165, 1.54) is 0 Å². The van der Waals surface area contributed by atoms with E-state index in [0.29, 0.717) is 6.61 Å². The average Bonchev–Trinajstić information content (AvgIpc) is 2.35. The van der Waals surface area contributed by atoms with Crippen molar-refractivity contribution < 1.29 is 14.6 Å². The van der Waals surface area contributed by atoms with E-state index in [4.69, 9.17) is 14.6 Å². The molecular weight excluding hydrogens is 284 g/mol. The second-order valence-electron chi connectivity index (χ2n) is 3.76. The van der Waals surface area contributed by atoms with Gasteiger partial charge in [-0.05, 0) is 47.3 Å². The number of unbranched alkanes of at least 4 members (excludes halogenated alkanes) is 3. The summed E-state index contributed by atoms with van der Waals surface area (Å²) in [4.78, 5) is 0. The molecule has 4 heteroatoms. The SMILES string of the molecule is COc1cccc(Br)c1OCCCCCCO. The van der Waals surface area contributed by atoms with Crippen molar-refractivity contribution in [3.63, 3.8) is 0 Å². The summed E-state index contributed by atoms with van der Waals surface area (Å²) in [6.07, 6.45) is 3.99. The van der Waals surface area contributed by atoms with Gasteiger partial charge in [-0.25, -0.2) is 0 Å². The Labute approximate surface area is 111 Å². The van der Waals surface area contributed by atoms with Gasteiger partial charge in [-0.2, -0.15) is 0 Å². The van der Waals surface area contributed by atoms with Crippen LogP contribution in [0.1, 0.15) is 25.7 Å². The van der Waals surface area contributed by atoms with Crippen molar-refractivity contribution >= 4 is 15.9 Å². The quantitative estimate of drug-likeness (QED) is 0.748. The van der Waals surface area contributed by atoms with Crippen molar-refractivity contribution in [1.29, 1.82) is 0 Å². The first-order chi connectivity index (χ1) is 8.29. The lowest BCUT2D eigenvalue weighted by Crippen LogP contribution is -2.00. The molecule has 1 aromatic rings. The van der Waals surface area contributed by atoms with Gasteiger partial charge in [-0.1, -0.05) is 12.5 Å². The van der Waals surface area contributed by atoms with Gasteiger partial charge in [0.2, 0.25) is 0 Å². The summed E-state index contributed by atoms with van der Waals surface area (Å²) in [7, 11) is 1.63. The number of halogens is 1. The zero-order chi connectivity index (χ0) is 12.5. The lowest BCUT2D eigenvalue weighted by atomic mass is 10.2. The number of aliphatic hydroxyl groups excluding tert-OH is 1. The van der Waals surface area contributed by atoms with Crippen LogP contribution in [0, 0.1) is 0 Å². The largest absolute Gasteiger partial charge is 0.493 e. The molecule has 96 valence electrons. The van der Waals surface area contributed by atoms with Gasteiger partial charge in [0, 0.05) is 6.61 Å². The van der Waals surface area contributed by atoms with Crippen molar-refractivity contribution in [2.75, 3.05) is 20.3 Å². The molecule has 0 unspecified atom stereocenters. The Hall–Kier alpha value is -0.740. The van der Waals surface area contributed by atoms with Crippen LogP contribution in [0.4, 0.5) is 0 Å². The van der Waals surface area contributed by atoms with Gasteiger partial charge in [0.15, 0.2) is 11.5 Å². The summed E-state index contributed by atoms with van der Waals surface area (Å²) < 4.78 is 11.8.